The number of carbonyl (C=O) groups excluding carboxylic acids is 2. The zero-order chi connectivity index (χ0) is 17.1. The van der Waals surface area contributed by atoms with Crippen LogP contribution in [-0.4, -0.2) is 58.7 Å². The van der Waals surface area contributed by atoms with Gasteiger partial charge in [0.05, 0.1) is 6.54 Å². The Morgan fingerprint density at radius 2 is 2.17 bits per heavy atom. The van der Waals surface area contributed by atoms with E-state index in [1.54, 1.807) is 4.90 Å². The summed E-state index contributed by atoms with van der Waals surface area (Å²) in [6.07, 6.45) is 2.63. The van der Waals surface area contributed by atoms with Crippen molar-refractivity contribution in [2.24, 2.45) is 0 Å². The number of carbonyl (C=O) groups is 2. The summed E-state index contributed by atoms with van der Waals surface area (Å²) in [7, 11) is 0. The SMILES string of the molecule is CCc1cccc(OC[C@H](O)CN2C(=O)[C@H]3CCCCN3C2=O)c1. The Morgan fingerprint density at radius 1 is 1.33 bits per heavy atom. The molecule has 2 aliphatic rings. The summed E-state index contributed by atoms with van der Waals surface area (Å²) < 4.78 is 5.60. The van der Waals surface area contributed by atoms with Gasteiger partial charge < -0.3 is 14.7 Å². The van der Waals surface area contributed by atoms with Crippen LogP contribution in [0.5, 0.6) is 5.75 Å². The molecule has 2 fully saturated rings. The predicted molar refractivity (Wildman–Crippen MR) is 88.8 cm³/mol. The third-order valence-corrected chi connectivity index (χ3v) is 4.67. The molecule has 2 saturated heterocycles. The number of imide groups is 1. The average molecular weight is 332 g/mol. The van der Waals surface area contributed by atoms with E-state index in [0.29, 0.717) is 12.3 Å². The highest BCUT2D eigenvalue weighted by molar-refractivity contribution is 6.04. The minimum atomic E-state index is -0.899. The van der Waals surface area contributed by atoms with Crippen LogP contribution in [0.25, 0.3) is 0 Å². The van der Waals surface area contributed by atoms with Gasteiger partial charge in [-0.25, -0.2) is 4.79 Å². The van der Waals surface area contributed by atoms with Gasteiger partial charge in [0.15, 0.2) is 0 Å². The summed E-state index contributed by atoms with van der Waals surface area (Å²) in [6.45, 7) is 2.72. The number of urea groups is 1. The summed E-state index contributed by atoms with van der Waals surface area (Å²) in [4.78, 5) is 27.5. The van der Waals surface area contributed by atoms with E-state index in [-0.39, 0.29) is 31.1 Å². The van der Waals surface area contributed by atoms with Crippen LogP contribution >= 0.6 is 0 Å². The number of benzene rings is 1. The highest BCUT2D eigenvalue weighted by Gasteiger charge is 2.46. The highest BCUT2D eigenvalue weighted by atomic mass is 16.5. The van der Waals surface area contributed by atoms with Crippen molar-refractivity contribution in [2.45, 2.75) is 44.8 Å². The number of β-amino-alcohol motifs (C(OH)–C–C–N with tert-alkyl or cyclic N) is 1. The lowest BCUT2D eigenvalue weighted by Crippen LogP contribution is -2.40. The Labute approximate surface area is 142 Å². The molecule has 3 amide bonds. The fourth-order valence-corrected chi connectivity index (χ4v) is 3.33. The third kappa shape index (κ3) is 3.38. The lowest BCUT2D eigenvalue weighted by Gasteiger charge is -2.26. The molecule has 6 nitrogen and oxygen atoms in total. The number of rotatable bonds is 6. The van der Waals surface area contributed by atoms with Gasteiger partial charge in [0.2, 0.25) is 0 Å². The van der Waals surface area contributed by atoms with E-state index in [1.807, 2.05) is 24.3 Å². The van der Waals surface area contributed by atoms with Crippen molar-refractivity contribution in [3.05, 3.63) is 29.8 Å². The van der Waals surface area contributed by atoms with E-state index in [1.165, 1.54) is 4.90 Å². The van der Waals surface area contributed by atoms with E-state index in [9.17, 15) is 14.7 Å². The molecule has 24 heavy (non-hydrogen) atoms. The van der Waals surface area contributed by atoms with E-state index < -0.39 is 6.10 Å². The van der Waals surface area contributed by atoms with Gasteiger partial charge in [-0.15, -0.1) is 0 Å². The molecule has 130 valence electrons. The van der Waals surface area contributed by atoms with Crippen molar-refractivity contribution in [3.8, 4) is 5.75 Å². The zero-order valence-corrected chi connectivity index (χ0v) is 14.0. The van der Waals surface area contributed by atoms with Crippen LogP contribution in [0.1, 0.15) is 31.7 Å². The number of hydrogen-bond acceptors (Lipinski definition) is 4. The van der Waals surface area contributed by atoms with Crippen molar-refractivity contribution in [1.29, 1.82) is 0 Å². The molecule has 0 saturated carbocycles. The van der Waals surface area contributed by atoms with Gasteiger partial charge in [-0.1, -0.05) is 19.1 Å². The standard InChI is InChI=1S/C18H24N2O4/c1-2-13-6-5-7-15(10-13)24-12-14(21)11-20-17(22)16-8-3-4-9-19(16)18(20)23/h5-7,10,14,16,21H,2-4,8-9,11-12H2,1H3/t14-,16-/m1/s1. The summed E-state index contributed by atoms with van der Waals surface area (Å²) in [6, 6.07) is 7.07. The summed E-state index contributed by atoms with van der Waals surface area (Å²) >= 11 is 0. The molecule has 1 aromatic carbocycles. The number of aliphatic hydroxyl groups is 1. The molecule has 0 bridgehead atoms. The fraction of sp³-hybridized carbons (Fsp3) is 0.556. The molecule has 1 aromatic rings. The second-order valence-electron chi connectivity index (χ2n) is 6.40. The summed E-state index contributed by atoms with van der Waals surface area (Å²) in [5.74, 6) is 0.497. The zero-order valence-electron chi connectivity index (χ0n) is 14.0. The minimum Gasteiger partial charge on any atom is -0.491 e. The normalized spacial score (nSPS) is 21.8. The van der Waals surface area contributed by atoms with Crippen molar-refractivity contribution >= 4 is 11.9 Å². The molecule has 3 rings (SSSR count). The van der Waals surface area contributed by atoms with Crippen LogP contribution < -0.4 is 4.74 Å². The molecule has 2 aliphatic heterocycles. The first-order valence-corrected chi connectivity index (χ1v) is 8.62. The quantitative estimate of drug-likeness (QED) is 0.807. The number of piperidine rings is 1. The van der Waals surface area contributed by atoms with Crippen LogP contribution in [0.2, 0.25) is 0 Å². The maximum absolute atomic E-state index is 12.4. The van der Waals surface area contributed by atoms with Crippen molar-refractivity contribution in [2.75, 3.05) is 19.7 Å². The maximum atomic E-state index is 12.4. The largest absolute Gasteiger partial charge is 0.491 e. The molecule has 1 N–H and O–H groups in total. The molecule has 6 heteroatoms. The second kappa shape index (κ2) is 7.21. The molecule has 0 radical (unpaired) electrons. The van der Waals surface area contributed by atoms with Crippen LogP contribution in [0.4, 0.5) is 4.79 Å². The first-order chi connectivity index (χ1) is 11.6. The molecular formula is C18H24N2O4. The fourth-order valence-electron chi connectivity index (χ4n) is 3.33. The van der Waals surface area contributed by atoms with Gasteiger partial charge in [-0.2, -0.15) is 0 Å². The van der Waals surface area contributed by atoms with Crippen molar-refractivity contribution in [1.82, 2.24) is 9.80 Å². The topological polar surface area (TPSA) is 70.1 Å². The Hall–Kier alpha value is -2.08. The smallest absolute Gasteiger partial charge is 0.327 e. The Kier molecular flexibility index (Phi) is 5.04. The van der Waals surface area contributed by atoms with E-state index >= 15 is 0 Å². The van der Waals surface area contributed by atoms with Gasteiger partial charge >= 0.3 is 6.03 Å². The number of aliphatic hydroxyl groups excluding tert-OH is 1. The number of nitrogens with zero attached hydrogens (tertiary/aromatic N) is 2. The van der Waals surface area contributed by atoms with E-state index in [2.05, 4.69) is 6.92 Å². The number of aryl methyl sites for hydroxylation is 1. The maximum Gasteiger partial charge on any atom is 0.327 e. The summed E-state index contributed by atoms with van der Waals surface area (Å²) in [5.41, 5.74) is 1.16. The minimum absolute atomic E-state index is 0.0157. The van der Waals surface area contributed by atoms with Crippen molar-refractivity contribution < 1.29 is 19.4 Å². The first kappa shape index (κ1) is 16.8. The van der Waals surface area contributed by atoms with E-state index in [4.69, 9.17) is 4.74 Å². The van der Waals surface area contributed by atoms with Gasteiger partial charge in [-0.3, -0.25) is 9.69 Å². The number of amides is 3. The molecule has 0 spiro atoms. The van der Waals surface area contributed by atoms with Gasteiger partial charge in [0.1, 0.15) is 24.5 Å². The molecular weight excluding hydrogens is 308 g/mol. The van der Waals surface area contributed by atoms with Crippen LogP contribution in [0.3, 0.4) is 0 Å². The Bertz CT molecular complexity index is 595. The van der Waals surface area contributed by atoms with Gasteiger partial charge in [0.25, 0.3) is 5.91 Å². The first-order valence-electron chi connectivity index (χ1n) is 8.62. The highest BCUT2D eigenvalue weighted by Crippen LogP contribution is 2.26. The molecule has 2 atom stereocenters. The second-order valence-corrected chi connectivity index (χ2v) is 6.40. The Morgan fingerprint density at radius 3 is 2.92 bits per heavy atom. The number of ether oxygens (including phenoxy) is 1. The average Bonchev–Trinajstić information content (AvgIpc) is 2.85. The van der Waals surface area contributed by atoms with Crippen molar-refractivity contribution in [3.63, 3.8) is 0 Å². The Balaban J connectivity index is 1.55. The van der Waals surface area contributed by atoms with Crippen LogP contribution in [-0.2, 0) is 11.2 Å². The lowest BCUT2D eigenvalue weighted by atomic mass is 10.0. The third-order valence-electron chi connectivity index (χ3n) is 4.67. The molecule has 0 aliphatic carbocycles. The monoisotopic (exact) mass is 332 g/mol. The molecule has 0 unspecified atom stereocenters. The van der Waals surface area contributed by atoms with Gasteiger partial charge in [0, 0.05) is 6.54 Å². The predicted octanol–water partition coefficient (Wildman–Crippen LogP) is 1.81. The van der Waals surface area contributed by atoms with Crippen LogP contribution in [0, 0.1) is 0 Å². The number of fused-ring (bicyclic) bond motifs is 1. The van der Waals surface area contributed by atoms with Crippen LogP contribution in [0.15, 0.2) is 24.3 Å². The summed E-state index contributed by atoms with van der Waals surface area (Å²) in [5, 5.41) is 10.2. The molecule has 2 heterocycles. The van der Waals surface area contributed by atoms with E-state index in [0.717, 1.165) is 31.2 Å². The number of hydrogen-bond donors (Lipinski definition) is 1. The van der Waals surface area contributed by atoms with Gasteiger partial charge in [-0.05, 0) is 43.4 Å². The molecule has 0 aromatic heterocycles. The lowest BCUT2D eigenvalue weighted by molar-refractivity contribution is -0.129.